The molecule has 0 spiro atoms. The van der Waals surface area contributed by atoms with Crippen LogP contribution in [0.25, 0.3) is 0 Å². The van der Waals surface area contributed by atoms with Gasteiger partial charge in [0.2, 0.25) is 0 Å². The van der Waals surface area contributed by atoms with Crippen molar-refractivity contribution in [3.8, 4) is 5.75 Å². The van der Waals surface area contributed by atoms with E-state index in [9.17, 15) is 4.79 Å². The third-order valence-corrected chi connectivity index (χ3v) is 3.09. The maximum atomic E-state index is 12.2. The normalized spacial score (nSPS) is 12.0. The second kappa shape index (κ2) is 5.57. The highest BCUT2D eigenvalue weighted by atomic mass is 16.5. The lowest BCUT2D eigenvalue weighted by molar-refractivity contribution is 0.0741. The Balaban J connectivity index is 3.04. The van der Waals surface area contributed by atoms with Crippen molar-refractivity contribution in [3.05, 3.63) is 23.8 Å². The molecule has 0 bridgehead atoms. The molecule has 2 N–H and O–H groups in total. The number of hydrogen-bond donors (Lipinski definition) is 1. The fraction of sp³-hybridized carbons (Fsp3) is 0.462. The van der Waals surface area contributed by atoms with Crippen LogP contribution in [0.4, 0.5) is 5.69 Å². The molecule has 0 heterocycles. The van der Waals surface area contributed by atoms with E-state index in [2.05, 4.69) is 0 Å². The molecule has 1 atom stereocenters. The molecule has 0 aliphatic heterocycles. The molecule has 0 aliphatic rings. The number of hydrogen-bond acceptors (Lipinski definition) is 3. The van der Waals surface area contributed by atoms with Crippen molar-refractivity contribution in [1.82, 2.24) is 4.90 Å². The third kappa shape index (κ3) is 2.70. The number of rotatable bonds is 4. The molecule has 0 saturated carbocycles. The molecule has 17 heavy (non-hydrogen) atoms. The molecule has 94 valence electrons. The first-order valence-corrected chi connectivity index (χ1v) is 5.72. The second-order valence-corrected chi connectivity index (χ2v) is 4.09. The van der Waals surface area contributed by atoms with Gasteiger partial charge in [-0.3, -0.25) is 4.79 Å². The van der Waals surface area contributed by atoms with E-state index in [0.29, 0.717) is 17.0 Å². The van der Waals surface area contributed by atoms with Gasteiger partial charge in [0, 0.05) is 13.1 Å². The van der Waals surface area contributed by atoms with Gasteiger partial charge in [-0.15, -0.1) is 0 Å². The maximum Gasteiger partial charge on any atom is 0.256 e. The number of nitrogens with zero attached hydrogens (tertiary/aromatic N) is 1. The Kier molecular flexibility index (Phi) is 4.37. The van der Waals surface area contributed by atoms with E-state index >= 15 is 0 Å². The van der Waals surface area contributed by atoms with E-state index in [-0.39, 0.29) is 11.9 Å². The van der Waals surface area contributed by atoms with E-state index in [1.54, 1.807) is 37.3 Å². The molecular formula is C13H20N2O2. The SMILES string of the molecule is CCC(C)N(C)C(=O)c1cccc(OC)c1N. The quantitative estimate of drug-likeness (QED) is 0.815. The molecule has 4 heteroatoms. The average molecular weight is 236 g/mol. The Hall–Kier alpha value is -1.71. The third-order valence-electron chi connectivity index (χ3n) is 3.09. The van der Waals surface area contributed by atoms with Gasteiger partial charge in [0.05, 0.1) is 18.4 Å². The van der Waals surface area contributed by atoms with Gasteiger partial charge >= 0.3 is 0 Å². The Bertz CT molecular complexity index is 404. The van der Waals surface area contributed by atoms with Gasteiger partial charge < -0.3 is 15.4 Å². The van der Waals surface area contributed by atoms with Crippen LogP contribution in [0, 0.1) is 0 Å². The minimum absolute atomic E-state index is 0.0734. The molecule has 1 aromatic rings. The van der Waals surface area contributed by atoms with Crippen molar-refractivity contribution < 1.29 is 9.53 Å². The largest absolute Gasteiger partial charge is 0.495 e. The number of carbonyl (C=O) groups excluding carboxylic acids is 1. The van der Waals surface area contributed by atoms with Crippen LogP contribution in [0.2, 0.25) is 0 Å². The molecule has 0 saturated heterocycles. The second-order valence-electron chi connectivity index (χ2n) is 4.09. The lowest BCUT2D eigenvalue weighted by Crippen LogP contribution is -2.35. The van der Waals surface area contributed by atoms with Crippen molar-refractivity contribution in [2.24, 2.45) is 0 Å². The van der Waals surface area contributed by atoms with E-state index in [4.69, 9.17) is 10.5 Å². The van der Waals surface area contributed by atoms with Crippen LogP contribution in [-0.4, -0.2) is 31.0 Å². The van der Waals surface area contributed by atoms with Gasteiger partial charge in [0.15, 0.2) is 0 Å². The number of carbonyl (C=O) groups is 1. The predicted molar refractivity (Wildman–Crippen MR) is 69.3 cm³/mol. The Labute approximate surface area is 102 Å². The smallest absolute Gasteiger partial charge is 0.256 e. The van der Waals surface area contributed by atoms with Crippen LogP contribution in [0.15, 0.2) is 18.2 Å². The molecule has 1 amide bonds. The van der Waals surface area contributed by atoms with Crippen LogP contribution in [0.5, 0.6) is 5.75 Å². The first-order valence-electron chi connectivity index (χ1n) is 5.72. The summed E-state index contributed by atoms with van der Waals surface area (Å²) in [6.45, 7) is 4.05. The van der Waals surface area contributed by atoms with Crippen LogP contribution in [0.3, 0.4) is 0 Å². The minimum atomic E-state index is -0.0734. The average Bonchev–Trinajstić information content (AvgIpc) is 2.36. The first-order chi connectivity index (χ1) is 8.02. The number of nitrogen functional groups attached to an aromatic ring is 1. The summed E-state index contributed by atoms with van der Waals surface area (Å²) in [6, 6.07) is 5.43. The number of methoxy groups -OCH3 is 1. The van der Waals surface area contributed by atoms with Gasteiger partial charge in [-0.2, -0.15) is 0 Å². The fourth-order valence-electron chi connectivity index (χ4n) is 1.57. The Morgan fingerprint density at radius 1 is 1.53 bits per heavy atom. The minimum Gasteiger partial charge on any atom is -0.495 e. The summed E-state index contributed by atoms with van der Waals surface area (Å²) in [5, 5.41) is 0. The van der Waals surface area contributed by atoms with Crippen LogP contribution < -0.4 is 10.5 Å². The molecule has 4 nitrogen and oxygen atoms in total. The van der Waals surface area contributed by atoms with Crippen molar-refractivity contribution >= 4 is 11.6 Å². The van der Waals surface area contributed by atoms with Crippen molar-refractivity contribution in [3.63, 3.8) is 0 Å². The molecule has 1 unspecified atom stereocenters. The van der Waals surface area contributed by atoms with E-state index < -0.39 is 0 Å². The number of amides is 1. The summed E-state index contributed by atoms with van der Waals surface area (Å²) in [6.07, 6.45) is 0.909. The zero-order chi connectivity index (χ0) is 13.0. The highest BCUT2D eigenvalue weighted by Crippen LogP contribution is 2.26. The van der Waals surface area contributed by atoms with Crippen LogP contribution >= 0.6 is 0 Å². The van der Waals surface area contributed by atoms with Crippen LogP contribution in [-0.2, 0) is 0 Å². The highest BCUT2D eigenvalue weighted by Gasteiger charge is 2.19. The number of para-hydroxylation sites is 1. The molecule has 0 aromatic heterocycles. The summed E-state index contributed by atoms with van der Waals surface area (Å²) in [5.74, 6) is 0.462. The lowest BCUT2D eigenvalue weighted by atomic mass is 10.1. The maximum absolute atomic E-state index is 12.2. The Morgan fingerprint density at radius 2 is 2.18 bits per heavy atom. The standard InChI is InChI=1S/C13H20N2O2/c1-5-9(2)15(3)13(16)10-7-6-8-11(17-4)12(10)14/h6-9H,5,14H2,1-4H3. The van der Waals surface area contributed by atoms with Crippen molar-refractivity contribution in [2.45, 2.75) is 26.3 Å². The summed E-state index contributed by atoms with van der Waals surface area (Å²) in [7, 11) is 3.33. The van der Waals surface area contributed by atoms with E-state index in [0.717, 1.165) is 6.42 Å². The first kappa shape index (κ1) is 13.4. The number of anilines is 1. The molecule has 1 aromatic carbocycles. The predicted octanol–water partition coefficient (Wildman–Crippen LogP) is 2.15. The van der Waals surface area contributed by atoms with Crippen molar-refractivity contribution in [2.75, 3.05) is 19.9 Å². The molecule has 0 aliphatic carbocycles. The van der Waals surface area contributed by atoms with Gasteiger partial charge in [0.25, 0.3) is 5.91 Å². The van der Waals surface area contributed by atoms with Crippen LogP contribution in [0.1, 0.15) is 30.6 Å². The zero-order valence-corrected chi connectivity index (χ0v) is 10.9. The van der Waals surface area contributed by atoms with E-state index in [1.165, 1.54) is 0 Å². The molecular weight excluding hydrogens is 216 g/mol. The molecule has 0 radical (unpaired) electrons. The van der Waals surface area contributed by atoms with Gasteiger partial charge in [-0.05, 0) is 25.5 Å². The molecule has 0 fully saturated rings. The lowest BCUT2D eigenvalue weighted by Gasteiger charge is -2.24. The molecule has 1 rings (SSSR count). The zero-order valence-electron chi connectivity index (χ0n) is 10.9. The Morgan fingerprint density at radius 3 is 2.71 bits per heavy atom. The summed E-state index contributed by atoms with van der Waals surface area (Å²) in [5.41, 5.74) is 6.79. The summed E-state index contributed by atoms with van der Waals surface area (Å²) < 4.78 is 5.11. The summed E-state index contributed by atoms with van der Waals surface area (Å²) >= 11 is 0. The van der Waals surface area contributed by atoms with Gasteiger partial charge in [0.1, 0.15) is 5.75 Å². The summed E-state index contributed by atoms with van der Waals surface area (Å²) in [4.78, 5) is 13.9. The van der Waals surface area contributed by atoms with Gasteiger partial charge in [-0.1, -0.05) is 13.0 Å². The number of benzene rings is 1. The fourth-order valence-corrected chi connectivity index (χ4v) is 1.57. The van der Waals surface area contributed by atoms with Gasteiger partial charge in [-0.25, -0.2) is 0 Å². The number of ether oxygens (including phenoxy) is 1. The van der Waals surface area contributed by atoms with Crippen molar-refractivity contribution in [1.29, 1.82) is 0 Å². The number of nitrogens with two attached hydrogens (primary N) is 1. The topological polar surface area (TPSA) is 55.6 Å². The highest BCUT2D eigenvalue weighted by molar-refractivity contribution is 6.00. The van der Waals surface area contributed by atoms with E-state index in [1.807, 2.05) is 13.8 Å². The monoisotopic (exact) mass is 236 g/mol.